The Balaban J connectivity index is 0.000000509. The summed E-state index contributed by atoms with van der Waals surface area (Å²) in [5, 5.41) is 3.04. The van der Waals surface area contributed by atoms with Gasteiger partial charge in [-0.25, -0.2) is 4.98 Å². The molecular formula is C14H26N2. The molecule has 0 aliphatic heterocycles. The van der Waals surface area contributed by atoms with Crippen LogP contribution in [0, 0.1) is 6.92 Å². The molecule has 2 heteroatoms. The second kappa shape index (κ2) is 8.14. The van der Waals surface area contributed by atoms with E-state index in [0.717, 1.165) is 11.7 Å². The molecule has 1 saturated carbocycles. The van der Waals surface area contributed by atoms with Gasteiger partial charge in [-0.05, 0) is 37.3 Å². The first-order valence-electron chi connectivity index (χ1n) is 6.46. The van der Waals surface area contributed by atoms with Crippen molar-refractivity contribution in [3.05, 3.63) is 23.4 Å². The maximum atomic E-state index is 4.44. The summed E-state index contributed by atoms with van der Waals surface area (Å²) in [5.41, 5.74) is 2.62. The number of hydrogen-bond acceptors (Lipinski definition) is 2. The van der Waals surface area contributed by atoms with Crippen molar-refractivity contribution in [3.8, 4) is 0 Å². The molecule has 0 unspecified atom stereocenters. The van der Waals surface area contributed by atoms with Crippen LogP contribution in [-0.2, 0) is 0 Å². The zero-order chi connectivity index (χ0) is 12.6. The first-order valence-corrected chi connectivity index (χ1v) is 6.46. The molecule has 0 bridgehead atoms. The smallest absolute Gasteiger partial charge is 0.125 e. The minimum Gasteiger partial charge on any atom is -0.373 e. The van der Waals surface area contributed by atoms with Crippen molar-refractivity contribution in [2.45, 2.75) is 53.4 Å². The summed E-state index contributed by atoms with van der Waals surface area (Å²) in [7, 11) is 1.90. The zero-order valence-corrected chi connectivity index (χ0v) is 11.6. The lowest BCUT2D eigenvalue weighted by atomic mass is 10.1. The van der Waals surface area contributed by atoms with E-state index < -0.39 is 0 Å². The zero-order valence-electron chi connectivity index (χ0n) is 11.6. The minimum absolute atomic E-state index is 0.809. The van der Waals surface area contributed by atoms with Crippen LogP contribution in [0.3, 0.4) is 0 Å². The van der Waals surface area contributed by atoms with Crippen LogP contribution in [0.2, 0.25) is 0 Å². The summed E-state index contributed by atoms with van der Waals surface area (Å²) < 4.78 is 0. The fourth-order valence-electron chi connectivity index (χ4n) is 1.54. The Kier molecular flexibility index (Phi) is 7.61. The highest BCUT2D eigenvalue weighted by Crippen LogP contribution is 2.41. The van der Waals surface area contributed by atoms with E-state index >= 15 is 0 Å². The second-order valence-electron chi connectivity index (χ2n) is 3.40. The molecule has 1 aromatic heterocycles. The average molecular weight is 222 g/mol. The van der Waals surface area contributed by atoms with Gasteiger partial charge in [0, 0.05) is 12.7 Å². The van der Waals surface area contributed by atoms with E-state index in [0.29, 0.717) is 0 Å². The Hall–Kier alpha value is -1.05. The summed E-state index contributed by atoms with van der Waals surface area (Å²) in [5.74, 6) is 1.78. The lowest BCUT2D eigenvalue weighted by Gasteiger charge is -2.05. The monoisotopic (exact) mass is 222 g/mol. The largest absolute Gasteiger partial charge is 0.373 e. The van der Waals surface area contributed by atoms with Crippen LogP contribution in [0.5, 0.6) is 0 Å². The van der Waals surface area contributed by atoms with Crippen LogP contribution in [0.15, 0.2) is 12.1 Å². The molecule has 2 nitrogen and oxygen atoms in total. The molecule has 1 aromatic rings. The van der Waals surface area contributed by atoms with Crippen molar-refractivity contribution in [1.29, 1.82) is 0 Å². The van der Waals surface area contributed by atoms with Crippen molar-refractivity contribution in [1.82, 2.24) is 4.98 Å². The van der Waals surface area contributed by atoms with Gasteiger partial charge in [-0.15, -0.1) is 0 Å². The number of hydrogen-bond donors (Lipinski definition) is 1. The summed E-state index contributed by atoms with van der Waals surface area (Å²) >= 11 is 0. The van der Waals surface area contributed by atoms with Gasteiger partial charge in [0.25, 0.3) is 0 Å². The predicted octanol–water partition coefficient (Wildman–Crippen LogP) is 4.36. The van der Waals surface area contributed by atoms with Gasteiger partial charge >= 0.3 is 0 Å². The molecule has 1 aliphatic carbocycles. The molecule has 1 heterocycles. The quantitative estimate of drug-likeness (QED) is 0.804. The van der Waals surface area contributed by atoms with Gasteiger partial charge in [0.05, 0.1) is 0 Å². The van der Waals surface area contributed by atoms with Gasteiger partial charge in [-0.2, -0.15) is 0 Å². The van der Waals surface area contributed by atoms with Crippen molar-refractivity contribution in [3.63, 3.8) is 0 Å². The Labute approximate surface area is 100 Å². The van der Waals surface area contributed by atoms with E-state index in [1.165, 1.54) is 24.1 Å². The van der Waals surface area contributed by atoms with Gasteiger partial charge < -0.3 is 5.32 Å². The van der Waals surface area contributed by atoms with Crippen LogP contribution < -0.4 is 5.32 Å². The van der Waals surface area contributed by atoms with E-state index in [1.54, 1.807) is 0 Å². The number of rotatable bonds is 2. The molecule has 0 amide bonds. The summed E-state index contributed by atoms with van der Waals surface area (Å²) in [6, 6.07) is 4.26. The third-order valence-corrected chi connectivity index (χ3v) is 2.40. The van der Waals surface area contributed by atoms with Gasteiger partial charge in [-0.3, -0.25) is 0 Å². The third-order valence-electron chi connectivity index (χ3n) is 2.40. The van der Waals surface area contributed by atoms with E-state index in [-0.39, 0.29) is 0 Å². The normalized spacial score (nSPS) is 12.9. The SMILES string of the molecule is CC.CC.CNc1ccc(C2CC2)c(C)n1. The summed E-state index contributed by atoms with van der Waals surface area (Å²) in [6.07, 6.45) is 2.70. The van der Waals surface area contributed by atoms with Crippen LogP contribution in [0.25, 0.3) is 0 Å². The molecule has 1 N–H and O–H groups in total. The number of nitrogens with zero attached hydrogens (tertiary/aromatic N) is 1. The summed E-state index contributed by atoms with van der Waals surface area (Å²) in [4.78, 5) is 4.44. The highest BCUT2D eigenvalue weighted by molar-refractivity contribution is 5.40. The van der Waals surface area contributed by atoms with Gasteiger partial charge in [0.1, 0.15) is 5.82 Å². The first kappa shape index (κ1) is 14.9. The van der Waals surface area contributed by atoms with E-state index in [9.17, 15) is 0 Å². The second-order valence-corrected chi connectivity index (χ2v) is 3.40. The third kappa shape index (κ3) is 4.21. The van der Waals surface area contributed by atoms with Gasteiger partial charge in [-0.1, -0.05) is 33.8 Å². The van der Waals surface area contributed by atoms with E-state index in [1.807, 2.05) is 34.7 Å². The minimum atomic E-state index is 0.809. The number of aromatic nitrogens is 1. The summed E-state index contributed by atoms with van der Waals surface area (Å²) in [6.45, 7) is 10.1. The van der Waals surface area contributed by atoms with Crippen LogP contribution in [0.4, 0.5) is 5.82 Å². The van der Waals surface area contributed by atoms with Crippen LogP contribution in [0.1, 0.15) is 57.7 Å². The highest BCUT2D eigenvalue weighted by Gasteiger charge is 2.25. The number of nitrogens with one attached hydrogen (secondary N) is 1. The topological polar surface area (TPSA) is 24.9 Å². The van der Waals surface area contributed by atoms with Crippen molar-refractivity contribution >= 4 is 5.82 Å². The molecule has 0 radical (unpaired) electrons. The number of anilines is 1. The van der Waals surface area contributed by atoms with Crippen molar-refractivity contribution in [2.75, 3.05) is 12.4 Å². The fraction of sp³-hybridized carbons (Fsp3) is 0.643. The molecule has 2 rings (SSSR count). The molecule has 0 atom stereocenters. The van der Waals surface area contributed by atoms with Crippen LogP contribution >= 0.6 is 0 Å². The van der Waals surface area contributed by atoms with Crippen molar-refractivity contribution in [2.24, 2.45) is 0 Å². The lowest BCUT2D eigenvalue weighted by Crippen LogP contribution is -1.96. The molecule has 0 aromatic carbocycles. The molecule has 92 valence electrons. The lowest BCUT2D eigenvalue weighted by molar-refractivity contribution is 1.04. The number of aryl methyl sites for hydroxylation is 1. The Morgan fingerprint density at radius 1 is 1.12 bits per heavy atom. The van der Waals surface area contributed by atoms with Gasteiger partial charge in [0.2, 0.25) is 0 Å². The highest BCUT2D eigenvalue weighted by atomic mass is 15.0. The number of pyridine rings is 1. The predicted molar refractivity (Wildman–Crippen MR) is 73.2 cm³/mol. The molecule has 1 fully saturated rings. The fourth-order valence-corrected chi connectivity index (χ4v) is 1.54. The standard InChI is InChI=1S/C10H14N2.2C2H6/c1-7-9(8-3-4-8)5-6-10(11-2)12-7;2*1-2/h5-6,8H,3-4H2,1-2H3,(H,11,12);2*1-2H3. The Morgan fingerprint density at radius 2 is 1.69 bits per heavy atom. The van der Waals surface area contributed by atoms with Gasteiger partial charge in [0.15, 0.2) is 0 Å². The average Bonchev–Trinajstić information content (AvgIpc) is 3.18. The Morgan fingerprint density at radius 3 is 2.06 bits per heavy atom. The maximum absolute atomic E-state index is 4.44. The first-order chi connectivity index (χ1) is 7.81. The van der Waals surface area contributed by atoms with E-state index in [2.05, 4.69) is 29.4 Å². The molecular weight excluding hydrogens is 196 g/mol. The maximum Gasteiger partial charge on any atom is 0.125 e. The Bertz CT molecular complexity index is 291. The van der Waals surface area contributed by atoms with Crippen LogP contribution in [-0.4, -0.2) is 12.0 Å². The van der Waals surface area contributed by atoms with Crippen molar-refractivity contribution < 1.29 is 0 Å². The molecule has 1 aliphatic rings. The molecule has 16 heavy (non-hydrogen) atoms. The molecule has 0 saturated heterocycles. The van der Waals surface area contributed by atoms with E-state index in [4.69, 9.17) is 0 Å². The molecule has 0 spiro atoms.